The zero-order valence-corrected chi connectivity index (χ0v) is 13.3. The van der Waals surface area contributed by atoms with E-state index in [0.717, 1.165) is 18.2 Å². The summed E-state index contributed by atoms with van der Waals surface area (Å²) in [7, 11) is 0. The second-order valence-corrected chi connectivity index (χ2v) is 5.20. The number of non-ortho nitro benzene ring substituents is 2. The number of rotatable bonds is 7. The Kier molecular flexibility index (Phi) is 6.33. The molecular weight excluding hydrogens is 322 g/mol. The molecule has 0 saturated carbocycles. The molecule has 0 aliphatic rings. The zero-order valence-electron chi connectivity index (χ0n) is 13.3. The van der Waals surface area contributed by atoms with Gasteiger partial charge in [-0.25, -0.2) is 4.79 Å². The summed E-state index contributed by atoms with van der Waals surface area (Å²) in [4.78, 5) is 44.1. The van der Waals surface area contributed by atoms with Gasteiger partial charge in [0.25, 0.3) is 17.3 Å². The number of amides is 1. The lowest BCUT2D eigenvalue weighted by Crippen LogP contribution is -2.45. The Labute approximate surface area is 137 Å². The van der Waals surface area contributed by atoms with E-state index in [4.69, 9.17) is 4.74 Å². The smallest absolute Gasteiger partial charge is 0.328 e. The van der Waals surface area contributed by atoms with Gasteiger partial charge < -0.3 is 10.1 Å². The maximum absolute atomic E-state index is 12.3. The SMILES string of the molecule is CCOC(=O)C(NC(=O)c1cc([N+](=O)[O-])cc([N+](=O)[O-])c1)C(C)C. The minimum absolute atomic E-state index is 0.125. The van der Waals surface area contributed by atoms with Crippen molar-refractivity contribution in [3.63, 3.8) is 0 Å². The van der Waals surface area contributed by atoms with Gasteiger partial charge in [-0.05, 0) is 12.8 Å². The van der Waals surface area contributed by atoms with Gasteiger partial charge in [-0.2, -0.15) is 0 Å². The fourth-order valence-electron chi connectivity index (χ4n) is 1.89. The molecule has 1 aromatic carbocycles. The van der Waals surface area contributed by atoms with Crippen LogP contribution in [0.5, 0.6) is 0 Å². The molecule has 10 nitrogen and oxygen atoms in total. The van der Waals surface area contributed by atoms with Crippen LogP contribution in [0.15, 0.2) is 18.2 Å². The molecule has 0 heterocycles. The van der Waals surface area contributed by atoms with Crippen LogP contribution in [-0.2, 0) is 9.53 Å². The summed E-state index contributed by atoms with van der Waals surface area (Å²) in [5.41, 5.74) is -1.47. The molecule has 0 saturated heterocycles. The monoisotopic (exact) mass is 339 g/mol. The molecule has 0 aliphatic heterocycles. The first kappa shape index (κ1) is 19.0. The van der Waals surface area contributed by atoms with Crippen molar-refractivity contribution >= 4 is 23.3 Å². The van der Waals surface area contributed by atoms with Crippen molar-refractivity contribution in [1.29, 1.82) is 0 Å². The van der Waals surface area contributed by atoms with Crippen LogP contribution in [0.2, 0.25) is 0 Å². The van der Waals surface area contributed by atoms with E-state index in [-0.39, 0.29) is 18.1 Å². The van der Waals surface area contributed by atoms with Crippen molar-refractivity contribution in [1.82, 2.24) is 5.32 Å². The van der Waals surface area contributed by atoms with Crippen molar-refractivity contribution in [2.45, 2.75) is 26.8 Å². The number of esters is 1. The Balaban J connectivity index is 3.15. The molecule has 1 rings (SSSR count). The third-order valence-electron chi connectivity index (χ3n) is 3.08. The number of carbonyl (C=O) groups excluding carboxylic acids is 2. The average molecular weight is 339 g/mol. The maximum atomic E-state index is 12.3. The molecule has 0 bridgehead atoms. The quantitative estimate of drug-likeness (QED) is 0.453. The second-order valence-electron chi connectivity index (χ2n) is 5.20. The molecule has 24 heavy (non-hydrogen) atoms. The first-order chi connectivity index (χ1) is 11.2. The minimum Gasteiger partial charge on any atom is -0.464 e. The molecule has 1 N–H and O–H groups in total. The molecule has 1 unspecified atom stereocenters. The molecular formula is C14H17N3O7. The predicted octanol–water partition coefficient (Wildman–Crippen LogP) is 1.82. The number of nitro benzene ring substituents is 2. The standard InChI is InChI=1S/C14H17N3O7/c1-4-24-14(19)12(8(2)3)15-13(18)9-5-10(16(20)21)7-11(6-9)17(22)23/h5-8,12H,4H2,1-3H3,(H,15,18). The Bertz CT molecular complexity index is 640. The predicted molar refractivity (Wildman–Crippen MR) is 82.5 cm³/mol. The minimum atomic E-state index is -0.976. The normalized spacial score (nSPS) is 11.7. The van der Waals surface area contributed by atoms with Crippen molar-refractivity contribution in [3.8, 4) is 0 Å². The van der Waals surface area contributed by atoms with E-state index >= 15 is 0 Å². The van der Waals surface area contributed by atoms with Gasteiger partial charge in [0, 0.05) is 12.1 Å². The van der Waals surface area contributed by atoms with E-state index < -0.39 is 39.1 Å². The first-order valence-corrected chi connectivity index (χ1v) is 7.08. The average Bonchev–Trinajstić information content (AvgIpc) is 2.51. The highest BCUT2D eigenvalue weighted by Gasteiger charge is 2.27. The molecule has 1 amide bonds. The summed E-state index contributed by atoms with van der Waals surface area (Å²) in [6.07, 6.45) is 0. The molecule has 0 aliphatic carbocycles. The number of ether oxygens (including phenoxy) is 1. The molecule has 10 heteroatoms. The number of nitrogens with one attached hydrogen (secondary N) is 1. The van der Waals surface area contributed by atoms with Gasteiger partial charge in [0.15, 0.2) is 0 Å². The number of benzene rings is 1. The Morgan fingerprint density at radius 2 is 1.62 bits per heavy atom. The first-order valence-electron chi connectivity index (χ1n) is 7.08. The topological polar surface area (TPSA) is 142 Å². The maximum Gasteiger partial charge on any atom is 0.328 e. The largest absolute Gasteiger partial charge is 0.464 e. The van der Waals surface area contributed by atoms with Gasteiger partial charge >= 0.3 is 5.97 Å². The van der Waals surface area contributed by atoms with E-state index in [0.29, 0.717) is 0 Å². The van der Waals surface area contributed by atoms with Crippen molar-refractivity contribution < 1.29 is 24.2 Å². The highest BCUT2D eigenvalue weighted by molar-refractivity contribution is 5.98. The second kappa shape index (κ2) is 7.99. The Morgan fingerprint density at radius 3 is 2.00 bits per heavy atom. The van der Waals surface area contributed by atoms with Crippen LogP contribution in [0.4, 0.5) is 11.4 Å². The van der Waals surface area contributed by atoms with Crippen LogP contribution in [0, 0.1) is 26.1 Å². The molecule has 0 fully saturated rings. The van der Waals surface area contributed by atoms with Gasteiger partial charge in [0.05, 0.1) is 28.1 Å². The summed E-state index contributed by atoms with van der Waals surface area (Å²) in [5, 5.41) is 24.1. The summed E-state index contributed by atoms with van der Waals surface area (Å²) in [6.45, 7) is 5.09. The van der Waals surface area contributed by atoms with E-state index in [1.54, 1.807) is 20.8 Å². The summed E-state index contributed by atoms with van der Waals surface area (Å²) >= 11 is 0. The molecule has 0 aromatic heterocycles. The Hall–Kier alpha value is -3.04. The number of hydrogen-bond donors (Lipinski definition) is 1. The fraction of sp³-hybridized carbons (Fsp3) is 0.429. The third kappa shape index (κ3) is 4.73. The lowest BCUT2D eigenvalue weighted by Gasteiger charge is -2.20. The van der Waals surface area contributed by atoms with Gasteiger partial charge in [-0.3, -0.25) is 25.0 Å². The van der Waals surface area contributed by atoms with Crippen molar-refractivity contribution in [2.75, 3.05) is 6.61 Å². The van der Waals surface area contributed by atoms with Crippen LogP contribution >= 0.6 is 0 Å². The highest BCUT2D eigenvalue weighted by atomic mass is 16.6. The van der Waals surface area contributed by atoms with E-state index in [2.05, 4.69) is 5.32 Å². The van der Waals surface area contributed by atoms with Crippen LogP contribution < -0.4 is 5.32 Å². The molecule has 0 spiro atoms. The summed E-state index contributed by atoms with van der Waals surface area (Å²) < 4.78 is 4.86. The lowest BCUT2D eigenvalue weighted by atomic mass is 10.0. The number of nitrogens with zero attached hydrogens (tertiary/aromatic N) is 2. The Morgan fingerprint density at radius 1 is 1.12 bits per heavy atom. The van der Waals surface area contributed by atoms with Crippen molar-refractivity contribution in [3.05, 3.63) is 44.0 Å². The highest BCUT2D eigenvalue weighted by Crippen LogP contribution is 2.23. The number of nitro groups is 2. The van der Waals surface area contributed by atoms with Crippen molar-refractivity contribution in [2.24, 2.45) is 5.92 Å². The molecule has 1 aromatic rings. The van der Waals surface area contributed by atoms with Crippen LogP contribution in [0.1, 0.15) is 31.1 Å². The molecule has 1 atom stereocenters. The lowest BCUT2D eigenvalue weighted by molar-refractivity contribution is -0.394. The van der Waals surface area contributed by atoms with Gasteiger partial charge in [0.2, 0.25) is 0 Å². The van der Waals surface area contributed by atoms with E-state index in [9.17, 15) is 29.8 Å². The summed E-state index contributed by atoms with van der Waals surface area (Å²) in [5.74, 6) is -1.80. The fourth-order valence-corrected chi connectivity index (χ4v) is 1.89. The number of carbonyl (C=O) groups is 2. The molecule has 0 radical (unpaired) electrons. The van der Waals surface area contributed by atoms with E-state index in [1.807, 2.05) is 0 Å². The van der Waals surface area contributed by atoms with Gasteiger partial charge in [-0.15, -0.1) is 0 Å². The molecule has 130 valence electrons. The van der Waals surface area contributed by atoms with Crippen LogP contribution in [0.25, 0.3) is 0 Å². The van der Waals surface area contributed by atoms with Gasteiger partial charge in [0.1, 0.15) is 6.04 Å². The zero-order chi connectivity index (χ0) is 18.4. The van der Waals surface area contributed by atoms with Crippen LogP contribution in [-0.4, -0.2) is 34.4 Å². The van der Waals surface area contributed by atoms with E-state index in [1.165, 1.54) is 0 Å². The van der Waals surface area contributed by atoms with Crippen LogP contribution in [0.3, 0.4) is 0 Å². The third-order valence-corrected chi connectivity index (χ3v) is 3.08. The summed E-state index contributed by atoms with van der Waals surface area (Å²) in [6, 6.07) is 1.59. The number of hydrogen-bond acceptors (Lipinski definition) is 7. The van der Waals surface area contributed by atoms with Gasteiger partial charge in [-0.1, -0.05) is 13.8 Å².